The molecule has 0 aliphatic carbocycles. The minimum absolute atomic E-state index is 0.221. The number of benzene rings is 2. The number of carbonyl (C=O) groups excluding carboxylic acids is 2. The van der Waals surface area contributed by atoms with Gasteiger partial charge in [-0.2, -0.15) is 16.5 Å². The van der Waals surface area contributed by atoms with Crippen LogP contribution in [0.3, 0.4) is 0 Å². The third kappa shape index (κ3) is 6.84. The smallest absolute Gasteiger partial charge is 0.244 e. The van der Waals surface area contributed by atoms with Crippen LogP contribution in [0.2, 0.25) is 0 Å². The summed E-state index contributed by atoms with van der Waals surface area (Å²) in [5.74, 6) is -1.15. The minimum Gasteiger partial charge on any atom is -0.326 e. The van der Waals surface area contributed by atoms with Gasteiger partial charge in [-0.05, 0) is 54.8 Å². The van der Waals surface area contributed by atoms with Crippen molar-refractivity contribution in [2.45, 2.75) is 24.3 Å². The standard InChI is InChI=1S/C19H22FN3O4S2/c1-13(24)21-14-7-9-15(10-8-14)22-19(25)17(11-12-28-2)23-29(26,27)18-6-4-3-5-16(18)20/h3-10,17,23H,11-12H2,1-2H3,(H,21,24)(H,22,25). The van der Waals surface area contributed by atoms with Gasteiger partial charge < -0.3 is 10.6 Å². The molecule has 0 aliphatic rings. The maximum absolute atomic E-state index is 13.9. The summed E-state index contributed by atoms with van der Waals surface area (Å²) in [6.07, 6.45) is 2.06. The van der Waals surface area contributed by atoms with Crippen LogP contribution >= 0.6 is 11.8 Å². The Morgan fingerprint density at radius 2 is 1.62 bits per heavy atom. The Morgan fingerprint density at radius 1 is 1.03 bits per heavy atom. The minimum atomic E-state index is -4.22. The molecule has 29 heavy (non-hydrogen) atoms. The Balaban J connectivity index is 2.15. The molecule has 7 nitrogen and oxygen atoms in total. The van der Waals surface area contributed by atoms with E-state index in [1.165, 1.54) is 30.8 Å². The van der Waals surface area contributed by atoms with Crippen molar-refractivity contribution in [3.63, 3.8) is 0 Å². The molecule has 2 aromatic rings. The first-order valence-corrected chi connectivity index (χ1v) is 11.5. The van der Waals surface area contributed by atoms with Crippen LogP contribution in [-0.4, -0.2) is 38.3 Å². The zero-order valence-corrected chi connectivity index (χ0v) is 17.6. The van der Waals surface area contributed by atoms with E-state index in [-0.39, 0.29) is 12.3 Å². The molecule has 2 aromatic carbocycles. The molecule has 10 heteroatoms. The highest BCUT2D eigenvalue weighted by Gasteiger charge is 2.27. The molecule has 0 spiro atoms. The first kappa shape index (κ1) is 22.9. The van der Waals surface area contributed by atoms with Crippen LogP contribution in [0.25, 0.3) is 0 Å². The molecule has 0 bridgehead atoms. The lowest BCUT2D eigenvalue weighted by Crippen LogP contribution is -2.44. The SMILES string of the molecule is CSCCC(NS(=O)(=O)c1ccccc1F)C(=O)Nc1ccc(NC(C)=O)cc1. The van der Waals surface area contributed by atoms with Crippen LogP contribution < -0.4 is 15.4 Å². The Labute approximate surface area is 173 Å². The summed E-state index contributed by atoms with van der Waals surface area (Å²) >= 11 is 1.46. The van der Waals surface area contributed by atoms with Crippen molar-refractivity contribution in [2.24, 2.45) is 0 Å². The van der Waals surface area contributed by atoms with Gasteiger partial charge in [0, 0.05) is 18.3 Å². The lowest BCUT2D eigenvalue weighted by atomic mass is 10.2. The summed E-state index contributed by atoms with van der Waals surface area (Å²) in [6, 6.07) is 10.3. The van der Waals surface area contributed by atoms with Crippen LogP contribution in [0, 0.1) is 5.82 Å². The number of nitrogens with one attached hydrogen (secondary N) is 3. The fourth-order valence-corrected chi connectivity index (χ4v) is 4.24. The highest BCUT2D eigenvalue weighted by atomic mass is 32.2. The second-order valence-electron chi connectivity index (χ2n) is 6.13. The fourth-order valence-electron chi connectivity index (χ4n) is 2.46. The average Bonchev–Trinajstić information content (AvgIpc) is 2.66. The Kier molecular flexibility index (Phi) is 8.18. The molecule has 1 unspecified atom stereocenters. The van der Waals surface area contributed by atoms with Crippen LogP contribution in [0.15, 0.2) is 53.4 Å². The summed E-state index contributed by atoms with van der Waals surface area (Å²) in [6.45, 7) is 1.38. The van der Waals surface area contributed by atoms with Crippen molar-refractivity contribution in [3.8, 4) is 0 Å². The molecule has 2 amide bonds. The van der Waals surface area contributed by atoms with E-state index in [4.69, 9.17) is 0 Å². The maximum Gasteiger partial charge on any atom is 0.244 e. The largest absolute Gasteiger partial charge is 0.326 e. The van der Waals surface area contributed by atoms with E-state index in [0.29, 0.717) is 17.1 Å². The number of hydrogen-bond acceptors (Lipinski definition) is 5. The van der Waals surface area contributed by atoms with Crippen molar-refractivity contribution in [3.05, 3.63) is 54.3 Å². The number of anilines is 2. The number of thioether (sulfide) groups is 1. The molecular formula is C19H22FN3O4S2. The van der Waals surface area contributed by atoms with Crippen LogP contribution in [0.4, 0.5) is 15.8 Å². The Morgan fingerprint density at radius 3 is 2.17 bits per heavy atom. The van der Waals surface area contributed by atoms with Gasteiger partial charge in [-0.3, -0.25) is 9.59 Å². The van der Waals surface area contributed by atoms with Gasteiger partial charge in [0.25, 0.3) is 0 Å². The van der Waals surface area contributed by atoms with E-state index in [1.807, 2.05) is 6.26 Å². The van der Waals surface area contributed by atoms with Crippen LogP contribution in [0.1, 0.15) is 13.3 Å². The predicted octanol–water partition coefficient (Wildman–Crippen LogP) is 2.82. The number of hydrogen-bond donors (Lipinski definition) is 3. The molecular weight excluding hydrogens is 417 g/mol. The van der Waals surface area contributed by atoms with Crippen LogP contribution in [0.5, 0.6) is 0 Å². The second-order valence-corrected chi connectivity index (χ2v) is 8.80. The van der Waals surface area contributed by atoms with E-state index < -0.39 is 32.7 Å². The van der Waals surface area contributed by atoms with E-state index in [2.05, 4.69) is 15.4 Å². The average molecular weight is 440 g/mol. The Bertz CT molecular complexity index is 966. The quantitative estimate of drug-likeness (QED) is 0.557. The summed E-state index contributed by atoms with van der Waals surface area (Å²) in [5, 5.41) is 5.25. The topological polar surface area (TPSA) is 104 Å². The molecule has 0 saturated carbocycles. The molecule has 156 valence electrons. The monoisotopic (exact) mass is 439 g/mol. The number of amides is 2. The molecule has 0 aromatic heterocycles. The zero-order chi connectivity index (χ0) is 21.4. The first-order chi connectivity index (χ1) is 13.7. The van der Waals surface area contributed by atoms with Gasteiger partial charge in [0.15, 0.2) is 0 Å². The normalized spacial score (nSPS) is 12.2. The molecule has 0 saturated heterocycles. The molecule has 0 fully saturated rings. The maximum atomic E-state index is 13.9. The molecule has 0 radical (unpaired) electrons. The summed E-state index contributed by atoms with van der Waals surface area (Å²) in [7, 11) is -4.22. The van der Waals surface area contributed by atoms with E-state index in [1.54, 1.807) is 24.3 Å². The van der Waals surface area contributed by atoms with Gasteiger partial charge >= 0.3 is 0 Å². The van der Waals surface area contributed by atoms with Crippen molar-refractivity contribution in [1.29, 1.82) is 0 Å². The molecule has 3 N–H and O–H groups in total. The van der Waals surface area contributed by atoms with Crippen molar-refractivity contribution < 1.29 is 22.4 Å². The third-order valence-electron chi connectivity index (χ3n) is 3.82. The van der Waals surface area contributed by atoms with Crippen molar-refractivity contribution in [1.82, 2.24) is 4.72 Å². The highest BCUT2D eigenvalue weighted by Crippen LogP contribution is 2.17. The van der Waals surface area contributed by atoms with Crippen molar-refractivity contribution >= 4 is 45.0 Å². The lowest BCUT2D eigenvalue weighted by molar-refractivity contribution is -0.117. The van der Waals surface area contributed by atoms with E-state index in [0.717, 1.165) is 12.1 Å². The van der Waals surface area contributed by atoms with Gasteiger partial charge in [-0.1, -0.05) is 12.1 Å². The van der Waals surface area contributed by atoms with Crippen molar-refractivity contribution in [2.75, 3.05) is 22.6 Å². The summed E-state index contributed by atoms with van der Waals surface area (Å²) in [5.41, 5.74) is 0.998. The number of halogens is 1. The predicted molar refractivity (Wildman–Crippen MR) is 113 cm³/mol. The Hall–Kier alpha value is -2.43. The van der Waals surface area contributed by atoms with Gasteiger partial charge in [0.1, 0.15) is 16.8 Å². The molecule has 1 atom stereocenters. The first-order valence-electron chi connectivity index (χ1n) is 8.67. The summed E-state index contributed by atoms with van der Waals surface area (Å²) in [4.78, 5) is 23.2. The lowest BCUT2D eigenvalue weighted by Gasteiger charge is -2.18. The number of sulfonamides is 1. The fraction of sp³-hybridized carbons (Fsp3) is 0.263. The molecule has 2 rings (SSSR count). The third-order valence-corrected chi connectivity index (χ3v) is 5.97. The van der Waals surface area contributed by atoms with Gasteiger partial charge in [-0.15, -0.1) is 0 Å². The summed E-state index contributed by atoms with van der Waals surface area (Å²) < 4.78 is 41.3. The van der Waals surface area contributed by atoms with E-state index in [9.17, 15) is 22.4 Å². The van der Waals surface area contributed by atoms with Gasteiger partial charge in [-0.25, -0.2) is 12.8 Å². The second kappa shape index (κ2) is 10.4. The number of carbonyl (C=O) groups is 2. The van der Waals surface area contributed by atoms with E-state index >= 15 is 0 Å². The van der Waals surface area contributed by atoms with Gasteiger partial charge in [0.2, 0.25) is 21.8 Å². The highest BCUT2D eigenvalue weighted by molar-refractivity contribution is 7.98. The zero-order valence-electron chi connectivity index (χ0n) is 15.9. The molecule has 0 aliphatic heterocycles. The van der Waals surface area contributed by atoms with Gasteiger partial charge in [0.05, 0.1) is 0 Å². The molecule has 0 heterocycles. The van der Waals surface area contributed by atoms with Crippen LogP contribution in [-0.2, 0) is 19.6 Å². The number of rotatable bonds is 9.